The summed E-state index contributed by atoms with van der Waals surface area (Å²) in [5, 5.41) is 0.991. The Labute approximate surface area is 93.4 Å². The van der Waals surface area contributed by atoms with E-state index < -0.39 is 0 Å². The fourth-order valence-corrected chi connectivity index (χ4v) is 1.72. The molecular formula is C9H10Cl2OS. The van der Waals surface area contributed by atoms with Crippen molar-refractivity contribution in [1.82, 2.24) is 0 Å². The maximum Gasteiger partial charge on any atom is 0.139 e. The second-order valence-corrected chi connectivity index (χ2v) is 3.80. The molecule has 1 nitrogen and oxygen atoms in total. The van der Waals surface area contributed by atoms with E-state index in [0.717, 1.165) is 17.7 Å². The Balaban J connectivity index is 3.06. The van der Waals surface area contributed by atoms with Gasteiger partial charge in [-0.25, -0.2) is 0 Å². The van der Waals surface area contributed by atoms with Crippen molar-refractivity contribution in [1.29, 1.82) is 0 Å². The zero-order chi connectivity index (χ0) is 9.84. The molecule has 1 rings (SSSR count). The van der Waals surface area contributed by atoms with Crippen LogP contribution in [-0.2, 0) is 6.42 Å². The molecule has 0 aliphatic rings. The van der Waals surface area contributed by atoms with E-state index in [-0.39, 0.29) is 0 Å². The number of halogens is 2. The van der Waals surface area contributed by atoms with Crippen molar-refractivity contribution >= 4 is 35.8 Å². The van der Waals surface area contributed by atoms with Gasteiger partial charge in [0.05, 0.1) is 12.1 Å². The van der Waals surface area contributed by atoms with E-state index in [1.165, 1.54) is 0 Å². The summed E-state index contributed by atoms with van der Waals surface area (Å²) in [6.07, 6.45) is 0.857. The number of aryl methyl sites for hydroxylation is 1. The molecule has 0 bridgehead atoms. The van der Waals surface area contributed by atoms with Crippen LogP contribution in [0.25, 0.3) is 0 Å². The van der Waals surface area contributed by atoms with Crippen molar-refractivity contribution in [2.75, 3.05) is 12.9 Å². The molecule has 0 aliphatic heterocycles. The SMILES string of the molecule is COc1cc(CCS)cc(Cl)c1Cl. The Morgan fingerprint density at radius 1 is 1.38 bits per heavy atom. The van der Waals surface area contributed by atoms with Gasteiger partial charge in [0.25, 0.3) is 0 Å². The van der Waals surface area contributed by atoms with Gasteiger partial charge in [-0.15, -0.1) is 0 Å². The zero-order valence-electron chi connectivity index (χ0n) is 7.18. The van der Waals surface area contributed by atoms with E-state index in [1.54, 1.807) is 7.11 Å². The normalized spacial score (nSPS) is 10.2. The molecule has 0 fully saturated rings. The minimum absolute atomic E-state index is 0.465. The number of thiol groups is 1. The summed E-state index contributed by atoms with van der Waals surface area (Å²) < 4.78 is 5.07. The highest BCUT2D eigenvalue weighted by Crippen LogP contribution is 2.33. The minimum atomic E-state index is 0.465. The highest BCUT2D eigenvalue weighted by molar-refractivity contribution is 7.80. The van der Waals surface area contributed by atoms with Crippen LogP contribution in [0.1, 0.15) is 5.56 Å². The van der Waals surface area contributed by atoms with Crippen molar-refractivity contribution in [2.24, 2.45) is 0 Å². The summed E-state index contributed by atoms with van der Waals surface area (Å²) >= 11 is 15.9. The summed E-state index contributed by atoms with van der Waals surface area (Å²) in [6.45, 7) is 0. The molecule has 4 heteroatoms. The van der Waals surface area contributed by atoms with Crippen molar-refractivity contribution in [3.63, 3.8) is 0 Å². The monoisotopic (exact) mass is 236 g/mol. The van der Waals surface area contributed by atoms with Gasteiger partial charge in [0, 0.05) is 0 Å². The Kier molecular flexibility index (Phi) is 4.23. The maximum absolute atomic E-state index is 5.90. The molecule has 0 atom stereocenters. The Morgan fingerprint density at radius 2 is 2.08 bits per heavy atom. The van der Waals surface area contributed by atoms with Crippen molar-refractivity contribution in [3.8, 4) is 5.75 Å². The van der Waals surface area contributed by atoms with E-state index in [2.05, 4.69) is 12.6 Å². The van der Waals surface area contributed by atoms with Crippen LogP contribution in [0.2, 0.25) is 10.0 Å². The van der Waals surface area contributed by atoms with Gasteiger partial charge in [0.1, 0.15) is 10.8 Å². The molecule has 1 aromatic rings. The van der Waals surface area contributed by atoms with Crippen LogP contribution in [-0.4, -0.2) is 12.9 Å². The first-order valence-electron chi connectivity index (χ1n) is 3.81. The fraction of sp³-hybridized carbons (Fsp3) is 0.333. The van der Waals surface area contributed by atoms with Crippen molar-refractivity contribution in [2.45, 2.75) is 6.42 Å². The van der Waals surface area contributed by atoms with Crippen molar-refractivity contribution in [3.05, 3.63) is 27.7 Å². The summed E-state index contributed by atoms with van der Waals surface area (Å²) in [5.74, 6) is 1.40. The second kappa shape index (κ2) is 4.99. The van der Waals surface area contributed by atoms with E-state index in [9.17, 15) is 0 Å². The molecule has 0 spiro atoms. The third kappa shape index (κ3) is 2.70. The molecule has 72 valence electrons. The lowest BCUT2D eigenvalue weighted by Crippen LogP contribution is -1.90. The molecule has 0 radical (unpaired) electrons. The third-order valence-electron chi connectivity index (χ3n) is 1.68. The van der Waals surface area contributed by atoms with Gasteiger partial charge in [-0.3, -0.25) is 0 Å². The van der Waals surface area contributed by atoms with Gasteiger partial charge in [0.15, 0.2) is 0 Å². The summed E-state index contributed by atoms with van der Waals surface area (Å²) in [7, 11) is 1.57. The van der Waals surface area contributed by atoms with Crippen LogP contribution < -0.4 is 4.74 Å². The second-order valence-electron chi connectivity index (χ2n) is 2.57. The quantitative estimate of drug-likeness (QED) is 0.792. The van der Waals surface area contributed by atoms with E-state index in [4.69, 9.17) is 27.9 Å². The van der Waals surface area contributed by atoms with Crippen LogP contribution in [0.15, 0.2) is 12.1 Å². The molecule has 0 aromatic heterocycles. The lowest BCUT2D eigenvalue weighted by Gasteiger charge is -2.07. The van der Waals surface area contributed by atoms with Gasteiger partial charge in [-0.1, -0.05) is 23.2 Å². The molecule has 0 aliphatic carbocycles. The van der Waals surface area contributed by atoms with Crippen LogP contribution in [0, 0.1) is 0 Å². The van der Waals surface area contributed by atoms with Crippen LogP contribution in [0.3, 0.4) is 0 Å². The molecule has 0 unspecified atom stereocenters. The highest BCUT2D eigenvalue weighted by atomic mass is 35.5. The predicted molar refractivity (Wildman–Crippen MR) is 60.6 cm³/mol. The van der Waals surface area contributed by atoms with Crippen LogP contribution in [0.5, 0.6) is 5.75 Å². The van der Waals surface area contributed by atoms with Gasteiger partial charge in [0.2, 0.25) is 0 Å². The molecule has 0 amide bonds. The lowest BCUT2D eigenvalue weighted by atomic mass is 10.1. The molecule has 13 heavy (non-hydrogen) atoms. The summed E-state index contributed by atoms with van der Waals surface area (Å²) in [6, 6.07) is 3.72. The number of rotatable bonds is 3. The van der Waals surface area contributed by atoms with Crippen molar-refractivity contribution < 1.29 is 4.74 Å². The maximum atomic E-state index is 5.90. The standard InChI is InChI=1S/C9H10Cl2OS/c1-12-8-5-6(2-3-13)4-7(10)9(8)11/h4-5,13H,2-3H2,1H3. The Bertz CT molecular complexity index is 302. The molecule has 0 heterocycles. The van der Waals surface area contributed by atoms with E-state index >= 15 is 0 Å². The number of methoxy groups -OCH3 is 1. The highest BCUT2D eigenvalue weighted by Gasteiger charge is 2.07. The average molecular weight is 237 g/mol. The molecule has 0 N–H and O–H groups in total. The van der Waals surface area contributed by atoms with Gasteiger partial charge < -0.3 is 4.74 Å². The number of hydrogen-bond donors (Lipinski definition) is 1. The molecule has 1 aromatic carbocycles. The number of ether oxygens (including phenoxy) is 1. The first kappa shape index (κ1) is 11.0. The van der Waals surface area contributed by atoms with E-state index in [1.807, 2.05) is 12.1 Å². The molecule has 0 saturated heterocycles. The smallest absolute Gasteiger partial charge is 0.139 e. The van der Waals surface area contributed by atoms with Gasteiger partial charge in [-0.2, -0.15) is 12.6 Å². The average Bonchev–Trinajstić information content (AvgIpc) is 2.11. The van der Waals surface area contributed by atoms with Crippen LogP contribution in [0.4, 0.5) is 0 Å². The zero-order valence-corrected chi connectivity index (χ0v) is 9.59. The summed E-state index contributed by atoms with van der Waals surface area (Å²) in [4.78, 5) is 0. The third-order valence-corrected chi connectivity index (χ3v) is 2.68. The summed E-state index contributed by atoms with van der Waals surface area (Å²) in [5.41, 5.74) is 1.08. The van der Waals surface area contributed by atoms with Crippen LogP contribution >= 0.6 is 35.8 Å². The molecular weight excluding hydrogens is 227 g/mol. The number of benzene rings is 1. The van der Waals surface area contributed by atoms with Gasteiger partial charge in [-0.05, 0) is 29.9 Å². The fourth-order valence-electron chi connectivity index (χ4n) is 1.04. The number of hydrogen-bond acceptors (Lipinski definition) is 2. The van der Waals surface area contributed by atoms with Gasteiger partial charge >= 0.3 is 0 Å². The first-order valence-corrected chi connectivity index (χ1v) is 5.20. The molecule has 0 saturated carbocycles. The Hall–Kier alpha value is -0.0500. The minimum Gasteiger partial charge on any atom is -0.495 e. The first-order chi connectivity index (χ1) is 6.19. The van der Waals surface area contributed by atoms with E-state index in [0.29, 0.717) is 15.8 Å². The lowest BCUT2D eigenvalue weighted by molar-refractivity contribution is 0.414. The topological polar surface area (TPSA) is 9.23 Å². The predicted octanol–water partition coefficient (Wildman–Crippen LogP) is 3.47. The Morgan fingerprint density at radius 3 is 2.62 bits per heavy atom. The largest absolute Gasteiger partial charge is 0.495 e.